The van der Waals surface area contributed by atoms with E-state index in [9.17, 15) is 5.11 Å². The molecule has 1 unspecified atom stereocenters. The van der Waals surface area contributed by atoms with E-state index in [0.717, 1.165) is 19.3 Å². The summed E-state index contributed by atoms with van der Waals surface area (Å²) in [5, 5.41) is 9.28. The van der Waals surface area contributed by atoms with Crippen LogP contribution in [0, 0.1) is 5.92 Å². The van der Waals surface area contributed by atoms with Gasteiger partial charge in [-0.2, -0.15) is 0 Å². The van der Waals surface area contributed by atoms with E-state index in [1.54, 1.807) is 0 Å². The van der Waals surface area contributed by atoms with Gasteiger partial charge in [-0.15, -0.1) is 0 Å². The first-order valence-corrected chi connectivity index (χ1v) is 3.65. The van der Waals surface area contributed by atoms with Crippen molar-refractivity contribution in [2.75, 3.05) is 0 Å². The van der Waals surface area contributed by atoms with Gasteiger partial charge in [-0.05, 0) is 25.7 Å². The van der Waals surface area contributed by atoms with Crippen molar-refractivity contribution in [3.05, 3.63) is 0 Å². The van der Waals surface area contributed by atoms with E-state index in [1.165, 1.54) is 0 Å². The third-order valence-corrected chi connectivity index (χ3v) is 2.21. The van der Waals surface area contributed by atoms with Crippen LogP contribution < -0.4 is 5.73 Å². The summed E-state index contributed by atoms with van der Waals surface area (Å²) >= 11 is 0. The van der Waals surface area contributed by atoms with Gasteiger partial charge in [-0.25, -0.2) is 0 Å². The predicted molar refractivity (Wildman–Crippen MR) is 37.0 cm³/mol. The zero-order valence-corrected chi connectivity index (χ0v) is 5.88. The zero-order chi connectivity index (χ0) is 6.85. The highest BCUT2D eigenvalue weighted by molar-refractivity contribution is 4.81. The van der Waals surface area contributed by atoms with Gasteiger partial charge < -0.3 is 10.8 Å². The molecule has 0 aromatic rings. The minimum absolute atomic E-state index is 0.120. The van der Waals surface area contributed by atoms with Crippen LogP contribution in [0.25, 0.3) is 0 Å². The zero-order valence-electron chi connectivity index (χ0n) is 5.88. The molecule has 0 radical (unpaired) electrons. The third-order valence-electron chi connectivity index (χ3n) is 2.21. The Labute approximate surface area is 56.1 Å². The molecule has 3 atom stereocenters. The molecule has 0 aromatic heterocycles. The molecule has 0 heterocycles. The molecule has 1 rings (SSSR count). The van der Waals surface area contributed by atoms with Crippen LogP contribution in [0.3, 0.4) is 0 Å². The first kappa shape index (κ1) is 7.03. The fourth-order valence-electron chi connectivity index (χ4n) is 1.58. The third kappa shape index (κ3) is 1.43. The predicted octanol–water partition coefficient (Wildman–Crippen LogP) is 0.495. The maximum atomic E-state index is 9.28. The molecule has 2 nitrogen and oxygen atoms in total. The van der Waals surface area contributed by atoms with Gasteiger partial charge in [0.25, 0.3) is 0 Å². The van der Waals surface area contributed by atoms with E-state index in [0.29, 0.717) is 5.92 Å². The highest BCUT2D eigenvalue weighted by Gasteiger charge is 2.27. The van der Waals surface area contributed by atoms with Crippen molar-refractivity contribution in [2.45, 2.75) is 38.3 Å². The van der Waals surface area contributed by atoms with Crippen molar-refractivity contribution in [3.63, 3.8) is 0 Å². The van der Waals surface area contributed by atoms with Crippen LogP contribution in [0.15, 0.2) is 0 Å². The van der Waals surface area contributed by atoms with E-state index in [1.807, 2.05) is 6.92 Å². The molecule has 2 heteroatoms. The molecule has 1 aliphatic carbocycles. The Morgan fingerprint density at radius 3 is 2.44 bits per heavy atom. The molecule has 0 aliphatic heterocycles. The van der Waals surface area contributed by atoms with Crippen LogP contribution >= 0.6 is 0 Å². The summed E-state index contributed by atoms with van der Waals surface area (Å²) in [7, 11) is 0. The fourth-order valence-corrected chi connectivity index (χ4v) is 1.58. The lowest BCUT2D eigenvalue weighted by Gasteiger charge is -2.17. The maximum absolute atomic E-state index is 9.28. The maximum Gasteiger partial charge on any atom is 0.0583 e. The summed E-state index contributed by atoms with van der Waals surface area (Å²) < 4.78 is 0. The second-order valence-electron chi connectivity index (χ2n) is 3.02. The lowest BCUT2D eigenvalue weighted by atomic mass is 9.99. The van der Waals surface area contributed by atoms with Crippen LogP contribution in [0.5, 0.6) is 0 Å². The first-order valence-electron chi connectivity index (χ1n) is 3.65. The Morgan fingerprint density at radius 2 is 2.22 bits per heavy atom. The molecule has 0 spiro atoms. The molecule has 1 aliphatic rings. The van der Waals surface area contributed by atoms with Crippen molar-refractivity contribution in [1.82, 2.24) is 0 Å². The molecular formula is C7H15NO. The second kappa shape index (κ2) is 2.67. The Morgan fingerprint density at radius 1 is 1.56 bits per heavy atom. The average Bonchev–Trinajstić information content (AvgIpc) is 2.13. The van der Waals surface area contributed by atoms with E-state index in [4.69, 9.17) is 5.73 Å². The van der Waals surface area contributed by atoms with Gasteiger partial charge in [0, 0.05) is 6.04 Å². The molecule has 3 N–H and O–H groups in total. The van der Waals surface area contributed by atoms with Crippen molar-refractivity contribution >= 4 is 0 Å². The normalized spacial score (nSPS) is 39.0. The van der Waals surface area contributed by atoms with Gasteiger partial charge in [0.05, 0.1) is 6.10 Å². The van der Waals surface area contributed by atoms with Gasteiger partial charge in [0.2, 0.25) is 0 Å². The standard InChI is InChI=1S/C7H15NO/c1-5(8)6-3-2-4-7(6)9/h5-7,9H,2-4,8H2,1H3/t5?,6-,7+/m1/s1. The Bertz CT molecular complexity index is 92.9. The Hall–Kier alpha value is -0.0800. The average molecular weight is 129 g/mol. The smallest absolute Gasteiger partial charge is 0.0583 e. The first-order chi connectivity index (χ1) is 4.22. The number of aliphatic hydroxyl groups excluding tert-OH is 1. The van der Waals surface area contributed by atoms with Gasteiger partial charge in [-0.1, -0.05) is 6.42 Å². The van der Waals surface area contributed by atoms with Crippen LogP contribution in [-0.2, 0) is 0 Å². The molecule has 54 valence electrons. The topological polar surface area (TPSA) is 46.2 Å². The van der Waals surface area contributed by atoms with E-state index in [-0.39, 0.29) is 12.1 Å². The van der Waals surface area contributed by atoms with Crippen LogP contribution in [0.4, 0.5) is 0 Å². The minimum Gasteiger partial charge on any atom is -0.393 e. The molecular weight excluding hydrogens is 114 g/mol. The lowest BCUT2D eigenvalue weighted by Crippen LogP contribution is -2.31. The van der Waals surface area contributed by atoms with Gasteiger partial charge in [0.1, 0.15) is 0 Å². The summed E-state index contributed by atoms with van der Waals surface area (Å²) in [5.74, 6) is 0.366. The molecule has 0 amide bonds. The van der Waals surface area contributed by atoms with Gasteiger partial charge in [-0.3, -0.25) is 0 Å². The van der Waals surface area contributed by atoms with E-state index in [2.05, 4.69) is 0 Å². The monoisotopic (exact) mass is 129 g/mol. The number of rotatable bonds is 1. The van der Waals surface area contributed by atoms with E-state index >= 15 is 0 Å². The van der Waals surface area contributed by atoms with E-state index < -0.39 is 0 Å². The lowest BCUT2D eigenvalue weighted by molar-refractivity contribution is 0.121. The van der Waals surface area contributed by atoms with Crippen LogP contribution in [0.1, 0.15) is 26.2 Å². The second-order valence-corrected chi connectivity index (χ2v) is 3.02. The summed E-state index contributed by atoms with van der Waals surface area (Å²) in [6.07, 6.45) is 3.09. The minimum atomic E-state index is -0.120. The summed E-state index contributed by atoms with van der Waals surface area (Å²) in [6, 6.07) is 0.169. The van der Waals surface area contributed by atoms with Gasteiger partial charge >= 0.3 is 0 Å². The summed E-state index contributed by atoms with van der Waals surface area (Å²) in [6.45, 7) is 1.97. The highest BCUT2D eigenvalue weighted by Crippen LogP contribution is 2.26. The molecule has 0 aromatic carbocycles. The quantitative estimate of drug-likeness (QED) is 0.541. The van der Waals surface area contributed by atoms with Crippen LogP contribution in [0.2, 0.25) is 0 Å². The van der Waals surface area contributed by atoms with Crippen molar-refractivity contribution in [2.24, 2.45) is 11.7 Å². The summed E-state index contributed by atoms with van der Waals surface area (Å²) in [4.78, 5) is 0. The molecule has 9 heavy (non-hydrogen) atoms. The van der Waals surface area contributed by atoms with Crippen LogP contribution in [-0.4, -0.2) is 17.3 Å². The number of hydrogen-bond acceptors (Lipinski definition) is 2. The van der Waals surface area contributed by atoms with Crippen molar-refractivity contribution in [3.8, 4) is 0 Å². The highest BCUT2D eigenvalue weighted by atomic mass is 16.3. The molecule has 1 fully saturated rings. The number of aliphatic hydroxyl groups is 1. The SMILES string of the molecule is CC(N)[C@H]1CCC[C@@H]1O. The van der Waals surface area contributed by atoms with Crippen molar-refractivity contribution < 1.29 is 5.11 Å². The van der Waals surface area contributed by atoms with Gasteiger partial charge in [0.15, 0.2) is 0 Å². The molecule has 0 bridgehead atoms. The largest absolute Gasteiger partial charge is 0.393 e. The Balaban J connectivity index is 2.40. The fraction of sp³-hybridized carbons (Fsp3) is 1.00. The number of hydrogen-bond donors (Lipinski definition) is 2. The Kier molecular flexibility index (Phi) is 2.09. The van der Waals surface area contributed by atoms with Crippen molar-refractivity contribution in [1.29, 1.82) is 0 Å². The molecule has 1 saturated carbocycles. The summed E-state index contributed by atoms with van der Waals surface area (Å²) in [5.41, 5.74) is 5.63. The molecule has 0 saturated heterocycles. The number of nitrogens with two attached hydrogens (primary N) is 1.